The number of alkyl halides is 3. The largest absolute Gasteiger partial charge is 0.417 e. The Morgan fingerprint density at radius 2 is 1.69 bits per heavy atom. The van der Waals surface area contributed by atoms with Gasteiger partial charge in [-0.15, -0.1) is 0 Å². The second-order valence-electron chi connectivity index (χ2n) is 15.2. The third-order valence-corrected chi connectivity index (χ3v) is 10.2. The van der Waals surface area contributed by atoms with Crippen molar-refractivity contribution in [3.8, 4) is 0 Å². The first kappa shape index (κ1) is 36.2. The summed E-state index contributed by atoms with van der Waals surface area (Å²) >= 11 is 3.53. The molecule has 5 nitrogen and oxygen atoms in total. The zero-order valence-electron chi connectivity index (χ0n) is 28.4. The molecule has 1 spiro atoms. The fourth-order valence-electron chi connectivity index (χ4n) is 7.29. The number of fused-ring (bicyclic) bond motifs is 4. The van der Waals surface area contributed by atoms with E-state index in [0.717, 1.165) is 78.9 Å². The summed E-state index contributed by atoms with van der Waals surface area (Å²) in [6, 6.07) is 2.54. The monoisotopic (exact) mass is 650 g/mol. The second-order valence-corrected chi connectivity index (χ2v) is 15.2. The number of aliphatic hydroxyl groups is 1. The number of hydrogen-bond donors (Lipinski definition) is 2. The maximum absolute atomic E-state index is 13.3. The zero-order valence-corrected chi connectivity index (χ0v) is 29.2. The quantitative estimate of drug-likeness (QED) is 0.317. The molecule has 9 heteroatoms. The summed E-state index contributed by atoms with van der Waals surface area (Å²) in [6.07, 6.45) is 4.04. The fraction of sp³-hybridized carbons (Fsp3) is 0.722. The van der Waals surface area contributed by atoms with Gasteiger partial charge in [-0.2, -0.15) is 25.8 Å². The standard InChI is InChI=1S/C29H35F3N2O3.C6H14.CH4S/c1-16-5-4-10-28(16)24-22-20(13-27(2,3)14-21(22)35)34-25(17-8-11-36-12-9-17)23(24)26(37-28)19-7-6-18(15-33-19)29(30,31)32;1-5-6(2,3)4;1-2/h6-7,15-17,21,26,35H,4-5,8-14H2,1-3H3;5H2,1-4H3;2H,1H3. The molecule has 4 heterocycles. The molecule has 252 valence electrons. The predicted octanol–water partition coefficient (Wildman–Crippen LogP) is 9.52. The van der Waals surface area contributed by atoms with Gasteiger partial charge in [0, 0.05) is 42.1 Å². The molecule has 0 amide bonds. The molecule has 2 fully saturated rings. The van der Waals surface area contributed by atoms with Crippen LogP contribution in [0.25, 0.3) is 0 Å². The average Bonchev–Trinajstić information content (AvgIpc) is 3.53. The minimum atomic E-state index is -4.45. The molecule has 1 saturated carbocycles. The number of hydrogen-bond acceptors (Lipinski definition) is 6. The van der Waals surface area contributed by atoms with E-state index in [9.17, 15) is 18.3 Å². The Labute approximate surface area is 273 Å². The van der Waals surface area contributed by atoms with Gasteiger partial charge < -0.3 is 14.6 Å². The molecule has 4 atom stereocenters. The van der Waals surface area contributed by atoms with Gasteiger partial charge >= 0.3 is 6.18 Å². The topological polar surface area (TPSA) is 64.5 Å². The van der Waals surface area contributed by atoms with Gasteiger partial charge in [0.2, 0.25) is 0 Å². The van der Waals surface area contributed by atoms with Crippen molar-refractivity contribution >= 4 is 12.6 Å². The lowest BCUT2D eigenvalue weighted by Crippen LogP contribution is -2.34. The summed E-state index contributed by atoms with van der Waals surface area (Å²) in [4.78, 5) is 9.55. The smallest absolute Gasteiger partial charge is 0.388 e. The van der Waals surface area contributed by atoms with Crippen molar-refractivity contribution in [2.45, 2.75) is 130 Å². The van der Waals surface area contributed by atoms with Crippen molar-refractivity contribution in [2.24, 2.45) is 16.7 Å². The summed E-state index contributed by atoms with van der Waals surface area (Å²) in [5.41, 5.74) is 4.35. The molecule has 0 radical (unpaired) electrons. The molecule has 0 aromatic carbocycles. The van der Waals surface area contributed by atoms with Crippen LogP contribution in [0.5, 0.6) is 0 Å². The number of rotatable bonds is 2. The number of halogens is 3. The molecule has 45 heavy (non-hydrogen) atoms. The number of thiol groups is 1. The maximum atomic E-state index is 13.3. The molecule has 2 aliphatic heterocycles. The Balaban J connectivity index is 0.000000519. The number of aliphatic hydroxyl groups excluding tert-OH is 1. The van der Waals surface area contributed by atoms with Crippen LogP contribution in [-0.4, -0.2) is 34.5 Å². The lowest BCUT2D eigenvalue weighted by molar-refractivity contribution is -0.138. The van der Waals surface area contributed by atoms with Crippen LogP contribution in [0.4, 0.5) is 13.2 Å². The van der Waals surface area contributed by atoms with Crippen molar-refractivity contribution in [2.75, 3.05) is 19.5 Å². The minimum Gasteiger partial charge on any atom is -0.388 e. The van der Waals surface area contributed by atoms with Crippen molar-refractivity contribution < 1.29 is 27.8 Å². The van der Waals surface area contributed by atoms with E-state index in [2.05, 4.69) is 66.1 Å². The summed E-state index contributed by atoms with van der Waals surface area (Å²) in [5, 5.41) is 11.5. The Morgan fingerprint density at radius 3 is 2.20 bits per heavy atom. The summed E-state index contributed by atoms with van der Waals surface area (Å²) in [5.74, 6) is 0.379. The molecular weight excluding hydrogens is 597 g/mol. The van der Waals surface area contributed by atoms with E-state index >= 15 is 0 Å². The van der Waals surface area contributed by atoms with Crippen LogP contribution in [0.2, 0.25) is 0 Å². The molecule has 4 aliphatic rings. The van der Waals surface area contributed by atoms with Gasteiger partial charge in [-0.3, -0.25) is 9.97 Å². The van der Waals surface area contributed by atoms with Crippen LogP contribution >= 0.6 is 12.6 Å². The molecule has 1 saturated heterocycles. The molecular formula is C36H53F3N2O3S. The highest BCUT2D eigenvalue weighted by molar-refractivity contribution is 7.79. The molecule has 1 N–H and O–H groups in total. The minimum absolute atomic E-state index is 0.0805. The molecule has 2 aliphatic carbocycles. The van der Waals surface area contributed by atoms with Crippen LogP contribution in [-0.2, 0) is 27.7 Å². The molecule has 2 aromatic heterocycles. The van der Waals surface area contributed by atoms with E-state index in [-0.39, 0.29) is 17.3 Å². The normalized spacial score (nSPS) is 27.6. The number of ether oxygens (including phenoxy) is 2. The predicted molar refractivity (Wildman–Crippen MR) is 176 cm³/mol. The SMILES string of the molecule is CC1CCCC12OC(c1ccc(C(F)(F)F)cn1)c1c(C3CCOCC3)nc3c(c12)C(O)CC(C)(C)C3.CCC(C)(C)C.CS. The Bertz CT molecular complexity index is 1300. The Kier molecular flexibility index (Phi) is 11.1. The van der Waals surface area contributed by atoms with Gasteiger partial charge in [-0.1, -0.05) is 54.9 Å². The first-order valence-corrected chi connectivity index (χ1v) is 17.4. The van der Waals surface area contributed by atoms with E-state index in [1.807, 2.05) is 0 Å². The van der Waals surface area contributed by atoms with Gasteiger partial charge in [0.15, 0.2) is 0 Å². The van der Waals surface area contributed by atoms with Crippen molar-refractivity contribution in [3.63, 3.8) is 0 Å². The highest BCUT2D eigenvalue weighted by Crippen LogP contribution is 2.61. The summed E-state index contributed by atoms with van der Waals surface area (Å²) in [7, 11) is 0. The van der Waals surface area contributed by atoms with E-state index < -0.39 is 29.5 Å². The van der Waals surface area contributed by atoms with Crippen LogP contribution in [0, 0.1) is 16.7 Å². The third-order valence-electron chi connectivity index (χ3n) is 10.2. The number of nitrogens with zero attached hydrogens (tertiary/aromatic N) is 2. The van der Waals surface area contributed by atoms with Gasteiger partial charge in [0.25, 0.3) is 0 Å². The van der Waals surface area contributed by atoms with Gasteiger partial charge in [0.1, 0.15) is 6.10 Å². The van der Waals surface area contributed by atoms with E-state index in [0.29, 0.717) is 30.7 Å². The van der Waals surface area contributed by atoms with Crippen LogP contribution < -0.4 is 0 Å². The second kappa shape index (κ2) is 13.8. The summed E-state index contributed by atoms with van der Waals surface area (Å²) in [6.45, 7) is 16.8. The Hall–Kier alpha value is -1.68. The van der Waals surface area contributed by atoms with E-state index in [4.69, 9.17) is 14.5 Å². The first-order chi connectivity index (χ1) is 21.1. The fourth-order valence-corrected chi connectivity index (χ4v) is 7.29. The van der Waals surface area contributed by atoms with Gasteiger partial charge in [-0.25, -0.2) is 0 Å². The molecule has 4 unspecified atom stereocenters. The highest BCUT2D eigenvalue weighted by atomic mass is 32.1. The maximum Gasteiger partial charge on any atom is 0.417 e. The van der Waals surface area contributed by atoms with Crippen molar-refractivity contribution in [3.05, 3.63) is 57.7 Å². The van der Waals surface area contributed by atoms with E-state index in [1.165, 1.54) is 12.5 Å². The van der Waals surface area contributed by atoms with Crippen LogP contribution in [0.1, 0.15) is 151 Å². The molecule has 6 rings (SSSR count). The first-order valence-electron chi connectivity index (χ1n) is 16.5. The Morgan fingerprint density at radius 1 is 1.04 bits per heavy atom. The lowest BCUT2D eigenvalue weighted by Gasteiger charge is -2.39. The zero-order chi connectivity index (χ0) is 33.4. The van der Waals surface area contributed by atoms with Crippen LogP contribution in [0.15, 0.2) is 18.3 Å². The van der Waals surface area contributed by atoms with Crippen LogP contribution in [0.3, 0.4) is 0 Å². The number of pyridine rings is 2. The molecule has 2 aromatic rings. The summed E-state index contributed by atoms with van der Waals surface area (Å²) < 4.78 is 52.6. The van der Waals surface area contributed by atoms with Gasteiger partial charge in [0.05, 0.1) is 28.7 Å². The van der Waals surface area contributed by atoms with Crippen molar-refractivity contribution in [1.29, 1.82) is 0 Å². The lowest BCUT2D eigenvalue weighted by atomic mass is 9.69. The average molecular weight is 651 g/mol. The van der Waals surface area contributed by atoms with Crippen molar-refractivity contribution in [1.82, 2.24) is 9.97 Å². The molecule has 0 bridgehead atoms. The van der Waals surface area contributed by atoms with Gasteiger partial charge in [-0.05, 0) is 85.6 Å². The van der Waals surface area contributed by atoms with E-state index in [1.54, 1.807) is 6.26 Å². The number of aromatic nitrogens is 2. The highest BCUT2D eigenvalue weighted by Gasteiger charge is 2.56. The third kappa shape index (κ3) is 7.57.